The molecule has 2 aliphatic rings. The van der Waals surface area contributed by atoms with Crippen LogP contribution in [0.1, 0.15) is 40.3 Å². The maximum atomic E-state index is 13.8. The molecule has 0 unspecified atom stereocenters. The number of fused-ring (bicyclic) bond motifs is 6. The molecule has 0 spiro atoms. The monoisotopic (exact) mass is 478 g/mol. The molecular weight excluding hydrogens is 452 g/mol. The van der Waals surface area contributed by atoms with Crippen LogP contribution in [0.25, 0.3) is 22.3 Å². The van der Waals surface area contributed by atoms with E-state index in [0.29, 0.717) is 0 Å². The minimum Gasteiger partial charge on any atom is -0.468 e. The molecule has 0 radical (unpaired) electrons. The molecule has 0 heterocycles. The molecule has 0 atom stereocenters. The number of rotatable bonds is 3. The molecule has 5 aromatic rings. The van der Waals surface area contributed by atoms with Crippen LogP contribution in [0.2, 0.25) is 0 Å². The van der Waals surface area contributed by atoms with Crippen LogP contribution in [-0.2, 0) is 20.4 Å². The number of carbonyl (C=O) groups is 1. The van der Waals surface area contributed by atoms with Crippen molar-refractivity contribution in [2.24, 2.45) is 0 Å². The Kier molecular flexibility index (Phi) is 4.59. The molecule has 2 heteroatoms. The van der Waals surface area contributed by atoms with Crippen molar-refractivity contribution in [3.8, 4) is 22.3 Å². The second-order valence-electron chi connectivity index (χ2n) is 10.1. The van der Waals surface area contributed by atoms with E-state index in [9.17, 15) is 4.79 Å². The SMILES string of the molecule is COC(=O)C1(c2ccc(C3(C)c4ccccc4-c4ccccc43)cc2)c2ccccc2-c2ccccc21. The molecule has 0 N–H and O–H groups in total. The number of benzene rings is 5. The second-order valence-corrected chi connectivity index (χ2v) is 10.1. The summed E-state index contributed by atoms with van der Waals surface area (Å²) >= 11 is 0. The third kappa shape index (κ3) is 2.68. The normalized spacial score (nSPS) is 15.3. The molecular formula is C35H26O2. The Morgan fingerprint density at radius 2 is 0.865 bits per heavy atom. The summed E-state index contributed by atoms with van der Waals surface area (Å²) in [5.74, 6) is -0.264. The van der Waals surface area contributed by atoms with Gasteiger partial charge in [0, 0.05) is 5.41 Å². The van der Waals surface area contributed by atoms with E-state index in [1.54, 1.807) is 0 Å². The summed E-state index contributed by atoms with van der Waals surface area (Å²) in [5.41, 5.74) is 10.1. The maximum absolute atomic E-state index is 13.8. The molecule has 7 rings (SSSR count). The Bertz CT molecular complexity index is 1600. The minimum absolute atomic E-state index is 0.264. The number of carbonyl (C=O) groups excluding carboxylic acids is 1. The van der Waals surface area contributed by atoms with Crippen LogP contribution in [-0.4, -0.2) is 13.1 Å². The summed E-state index contributed by atoms with van der Waals surface area (Å²) in [6.45, 7) is 2.31. The van der Waals surface area contributed by atoms with Crippen molar-refractivity contribution >= 4 is 5.97 Å². The van der Waals surface area contributed by atoms with Gasteiger partial charge in [-0.25, -0.2) is 0 Å². The van der Waals surface area contributed by atoms with E-state index in [2.05, 4.69) is 104 Å². The molecule has 2 aliphatic carbocycles. The fourth-order valence-corrected chi connectivity index (χ4v) is 6.85. The van der Waals surface area contributed by atoms with E-state index < -0.39 is 5.41 Å². The smallest absolute Gasteiger partial charge is 0.325 e. The Morgan fingerprint density at radius 3 is 1.30 bits per heavy atom. The summed E-state index contributed by atoms with van der Waals surface area (Å²) in [6, 6.07) is 42.4. The fraction of sp³-hybridized carbons (Fsp3) is 0.114. The summed E-state index contributed by atoms with van der Waals surface area (Å²) in [7, 11) is 1.48. The lowest BCUT2D eigenvalue weighted by molar-refractivity contribution is -0.144. The van der Waals surface area contributed by atoms with E-state index in [1.165, 1.54) is 34.9 Å². The highest BCUT2D eigenvalue weighted by atomic mass is 16.5. The predicted molar refractivity (Wildman–Crippen MR) is 148 cm³/mol. The number of hydrogen-bond donors (Lipinski definition) is 0. The zero-order chi connectivity index (χ0) is 25.2. The highest BCUT2D eigenvalue weighted by Crippen LogP contribution is 2.55. The van der Waals surface area contributed by atoms with Crippen molar-refractivity contribution in [3.63, 3.8) is 0 Å². The van der Waals surface area contributed by atoms with Crippen LogP contribution in [0, 0.1) is 0 Å². The molecule has 37 heavy (non-hydrogen) atoms. The van der Waals surface area contributed by atoms with E-state index >= 15 is 0 Å². The first-order valence-corrected chi connectivity index (χ1v) is 12.7. The Balaban J connectivity index is 1.45. The van der Waals surface area contributed by atoms with Gasteiger partial charge in [-0.2, -0.15) is 0 Å². The van der Waals surface area contributed by atoms with E-state index in [1.807, 2.05) is 24.3 Å². The van der Waals surface area contributed by atoms with Crippen LogP contribution in [0.15, 0.2) is 121 Å². The first kappa shape index (κ1) is 21.8. The van der Waals surface area contributed by atoms with Crippen molar-refractivity contribution in [2.75, 3.05) is 7.11 Å². The second kappa shape index (κ2) is 7.78. The molecule has 0 saturated carbocycles. The number of esters is 1. The molecule has 5 aromatic carbocycles. The van der Waals surface area contributed by atoms with Gasteiger partial charge in [0.15, 0.2) is 0 Å². The van der Waals surface area contributed by atoms with Crippen molar-refractivity contribution in [1.82, 2.24) is 0 Å². The Hall–Kier alpha value is -4.43. The van der Waals surface area contributed by atoms with Gasteiger partial charge in [-0.3, -0.25) is 4.79 Å². The van der Waals surface area contributed by atoms with E-state index in [0.717, 1.165) is 27.8 Å². The van der Waals surface area contributed by atoms with Gasteiger partial charge >= 0.3 is 5.97 Å². The first-order valence-electron chi connectivity index (χ1n) is 12.7. The average Bonchev–Trinajstić information content (AvgIpc) is 3.42. The third-order valence-electron chi connectivity index (χ3n) is 8.56. The molecule has 0 saturated heterocycles. The molecule has 0 amide bonds. The van der Waals surface area contributed by atoms with Crippen molar-refractivity contribution in [2.45, 2.75) is 17.8 Å². The predicted octanol–water partition coefficient (Wildman–Crippen LogP) is 7.51. The summed E-state index contributed by atoms with van der Waals surface area (Å²) < 4.78 is 5.51. The van der Waals surface area contributed by atoms with Crippen LogP contribution in [0.4, 0.5) is 0 Å². The van der Waals surface area contributed by atoms with Gasteiger partial charge < -0.3 is 4.74 Å². The first-order chi connectivity index (χ1) is 18.1. The summed E-state index contributed by atoms with van der Waals surface area (Å²) in [4.78, 5) is 13.8. The molecule has 178 valence electrons. The molecule has 0 bridgehead atoms. The highest BCUT2D eigenvalue weighted by molar-refractivity contribution is 6.01. The van der Waals surface area contributed by atoms with Gasteiger partial charge in [-0.15, -0.1) is 0 Å². The lowest BCUT2D eigenvalue weighted by atomic mass is 9.70. The van der Waals surface area contributed by atoms with E-state index in [-0.39, 0.29) is 11.4 Å². The topological polar surface area (TPSA) is 26.3 Å². The number of methoxy groups -OCH3 is 1. The molecule has 0 aliphatic heterocycles. The minimum atomic E-state index is -1.01. The quantitative estimate of drug-likeness (QED) is 0.251. The average molecular weight is 479 g/mol. The molecule has 2 nitrogen and oxygen atoms in total. The number of hydrogen-bond acceptors (Lipinski definition) is 2. The summed E-state index contributed by atoms with van der Waals surface area (Å²) in [5, 5.41) is 0. The van der Waals surface area contributed by atoms with Gasteiger partial charge in [-0.05, 0) is 62.6 Å². The van der Waals surface area contributed by atoms with Crippen molar-refractivity contribution in [3.05, 3.63) is 155 Å². The van der Waals surface area contributed by atoms with Gasteiger partial charge in [0.05, 0.1) is 7.11 Å². The number of ether oxygens (including phenoxy) is 1. The van der Waals surface area contributed by atoms with Crippen LogP contribution in [0.3, 0.4) is 0 Å². The lowest BCUT2D eigenvalue weighted by Crippen LogP contribution is -2.37. The lowest BCUT2D eigenvalue weighted by Gasteiger charge is -2.32. The van der Waals surface area contributed by atoms with E-state index in [4.69, 9.17) is 4.74 Å². The van der Waals surface area contributed by atoms with Crippen LogP contribution < -0.4 is 0 Å². The van der Waals surface area contributed by atoms with Crippen LogP contribution >= 0.6 is 0 Å². The zero-order valence-corrected chi connectivity index (χ0v) is 20.9. The van der Waals surface area contributed by atoms with Gasteiger partial charge in [0.25, 0.3) is 0 Å². The Morgan fingerprint density at radius 1 is 0.514 bits per heavy atom. The third-order valence-corrected chi connectivity index (χ3v) is 8.56. The largest absolute Gasteiger partial charge is 0.468 e. The van der Waals surface area contributed by atoms with Crippen molar-refractivity contribution in [1.29, 1.82) is 0 Å². The Labute approximate surface area is 217 Å². The van der Waals surface area contributed by atoms with Crippen LogP contribution in [0.5, 0.6) is 0 Å². The summed E-state index contributed by atoms with van der Waals surface area (Å²) in [6.07, 6.45) is 0. The molecule has 0 aromatic heterocycles. The van der Waals surface area contributed by atoms with Gasteiger partial charge in [0.1, 0.15) is 5.41 Å². The van der Waals surface area contributed by atoms with Gasteiger partial charge in [-0.1, -0.05) is 121 Å². The maximum Gasteiger partial charge on any atom is 0.325 e. The standard InChI is InChI=1S/C35H26O2/c1-34(29-15-7-3-11-25(29)26-12-4-8-16-30(26)34)23-19-21-24(22-20-23)35(33(36)37-2)31-17-9-5-13-27(31)28-14-6-10-18-32(28)35/h3-22H,1-2H3. The van der Waals surface area contributed by atoms with Crippen molar-refractivity contribution < 1.29 is 9.53 Å². The zero-order valence-electron chi connectivity index (χ0n) is 20.9. The fourth-order valence-electron chi connectivity index (χ4n) is 6.85. The highest BCUT2D eigenvalue weighted by Gasteiger charge is 2.51. The molecule has 0 fully saturated rings. The van der Waals surface area contributed by atoms with Gasteiger partial charge in [0.2, 0.25) is 0 Å².